The van der Waals surface area contributed by atoms with E-state index in [2.05, 4.69) is 15.4 Å². The lowest BCUT2D eigenvalue weighted by molar-refractivity contribution is -0.384. The second kappa shape index (κ2) is 6.95. The quantitative estimate of drug-likeness (QED) is 0.540. The molecular weight excluding hydrogens is 339 g/mol. The molecule has 1 N–H and O–H groups in total. The first-order chi connectivity index (χ1) is 12.4. The minimum atomic E-state index is -0.445. The van der Waals surface area contributed by atoms with Crippen LogP contribution in [0.3, 0.4) is 0 Å². The maximum Gasteiger partial charge on any atom is 0.333 e. The molecule has 0 aliphatic carbocycles. The number of benzene rings is 1. The summed E-state index contributed by atoms with van der Waals surface area (Å²) in [6.45, 7) is 3.84. The highest BCUT2D eigenvalue weighted by Crippen LogP contribution is 2.29. The van der Waals surface area contributed by atoms with Gasteiger partial charge in [-0.15, -0.1) is 0 Å². The minimum Gasteiger partial charge on any atom is -0.360 e. The average molecular weight is 358 g/mol. The van der Waals surface area contributed by atoms with E-state index in [4.69, 9.17) is 0 Å². The molecule has 0 amide bonds. The summed E-state index contributed by atoms with van der Waals surface area (Å²) in [7, 11) is 1.64. The maximum absolute atomic E-state index is 14.5. The van der Waals surface area contributed by atoms with Gasteiger partial charge in [0.15, 0.2) is 0 Å². The molecular formula is C17H19FN6O2. The molecule has 136 valence electrons. The minimum absolute atomic E-state index is 0.0406. The molecule has 9 heteroatoms. The van der Waals surface area contributed by atoms with Gasteiger partial charge < -0.3 is 9.88 Å². The smallest absolute Gasteiger partial charge is 0.333 e. The van der Waals surface area contributed by atoms with Gasteiger partial charge in [0, 0.05) is 26.0 Å². The highest BCUT2D eigenvalue weighted by atomic mass is 19.1. The average Bonchev–Trinajstić information content (AvgIpc) is 3.16. The highest BCUT2D eigenvalue weighted by Gasteiger charge is 2.25. The van der Waals surface area contributed by atoms with Crippen LogP contribution >= 0.6 is 0 Å². The predicted octanol–water partition coefficient (Wildman–Crippen LogP) is 3.14. The number of nitrogens with zero attached hydrogens (tertiary/aromatic N) is 5. The number of aryl methyl sites for hydroxylation is 3. The summed E-state index contributed by atoms with van der Waals surface area (Å²) in [6.07, 6.45) is 3.76. The largest absolute Gasteiger partial charge is 0.360 e. The van der Waals surface area contributed by atoms with Gasteiger partial charge in [0.05, 0.1) is 10.6 Å². The summed E-state index contributed by atoms with van der Waals surface area (Å²) >= 11 is 0. The number of anilines is 1. The van der Waals surface area contributed by atoms with Crippen LogP contribution in [0.2, 0.25) is 0 Å². The summed E-state index contributed by atoms with van der Waals surface area (Å²) in [5, 5.41) is 18.5. The molecule has 0 unspecified atom stereocenters. The van der Waals surface area contributed by atoms with E-state index >= 15 is 0 Å². The molecule has 0 bridgehead atoms. The van der Waals surface area contributed by atoms with E-state index in [1.165, 1.54) is 10.7 Å². The van der Waals surface area contributed by atoms with Crippen molar-refractivity contribution in [2.75, 3.05) is 5.32 Å². The molecule has 3 aromatic rings. The van der Waals surface area contributed by atoms with Crippen molar-refractivity contribution in [3.05, 3.63) is 63.6 Å². The van der Waals surface area contributed by atoms with Crippen molar-refractivity contribution < 1.29 is 9.31 Å². The van der Waals surface area contributed by atoms with Crippen LogP contribution in [-0.2, 0) is 20.0 Å². The van der Waals surface area contributed by atoms with Gasteiger partial charge in [-0.2, -0.15) is 5.10 Å². The second-order valence-electron chi connectivity index (χ2n) is 5.86. The first-order valence-electron chi connectivity index (χ1n) is 8.15. The van der Waals surface area contributed by atoms with Crippen molar-refractivity contribution in [3.63, 3.8) is 0 Å². The lowest BCUT2D eigenvalue weighted by Gasteiger charge is -2.10. The molecule has 0 fully saturated rings. The van der Waals surface area contributed by atoms with E-state index in [-0.39, 0.29) is 18.0 Å². The number of rotatable bonds is 6. The van der Waals surface area contributed by atoms with Gasteiger partial charge in [-0.1, -0.05) is 13.0 Å². The summed E-state index contributed by atoms with van der Waals surface area (Å²) < 4.78 is 17.6. The van der Waals surface area contributed by atoms with Gasteiger partial charge in [-0.25, -0.2) is 14.1 Å². The van der Waals surface area contributed by atoms with E-state index in [0.29, 0.717) is 35.0 Å². The van der Waals surface area contributed by atoms with Crippen LogP contribution in [0, 0.1) is 22.9 Å². The van der Waals surface area contributed by atoms with Gasteiger partial charge in [0.1, 0.15) is 17.3 Å². The zero-order valence-electron chi connectivity index (χ0n) is 14.7. The molecule has 26 heavy (non-hydrogen) atoms. The molecule has 0 radical (unpaired) electrons. The van der Waals surface area contributed by atoms with E-state index in [0.717, 1.165) is 0 Å². The van der Waals surface area contributed by atoms with Crippen LogP contribution < -0.4 is 5.32 Å². The molecule has 0 aliphatic rings. The van der Waals surface area contributed by atoms with E-state index in [9.17, 15) is 14.5 Å². The molecule has 0 atom stereocenters. The lowest BCUT2D eigenvalue weighted by atomic mass is 10.2. The molecule has 2 aromatic heterocycles. The van der Waals surface area contributed by atoms with Crippen molar-refractivity contribution in [2.45, 2.75) is 26.8 Å². The van der Waals surface area contributed by atoms with E-state index < -0.39 is 4.92 Å². The van der Waals surface area contributed by atoms with E-state index in [1.54, 1.807) is 43.1 Å². The SMILES string of the molecule is CCc1nn(C)c(NCc2ccc(-n3ccnc3C)c(F)c2)c1[N+](=O)[O-]. The summed E-state index contributed by atoms with van der Waals surface area (Å²) in [6, 6.07) is 4.84. The van der Waals surface area contributed by atoms with Crippen LogP contribution in [0.5, 0.6) is 0 Å². The molecule has 3 rings (SSSR count). The molecule has 0 saturated heterocycles. The number of nitro groups is 1. The van der Waals surface area contributed by atoms with Crippen molar-refractivity contribution in [1.82, 2.24) is 19.3 Å². The molecule has 8 nitrogen and oxygen atoms in total. The molecule has 0 saturated carbocycles. The normalized spacial score (nSPS) is 10.9. The third-order valence-electron chi connectivity index (χ3n) is 4.17. The number of nitrogens with one attached hydrogen (secondary N) is 1. The fourth-order valence-electron chi connectivity index (χ4n) is 2.87. The number of halogens is 1. The Morgan fingerprint density at radius 2 is 2.15 bits per heavy atom. The maximum atomic E-state index is 14.5. The third kappa shape index (κ3) is 3.15. The van der Waals surface area contributed by atoms with Gasteiger partial charge in [-0.3, -0.25) is 10.1 Å². The monoisotopic (exact) mass is 358 g/mol. The second-order valence-corrected chi connectivity index (χ2v) is 5.86. The number of imidazole rings is 1. The van der Waals surface area contributed by atoms with Crippen LogP contribution in [0.25, 0.3) is 5.69 Å². The zero-order chi connectivity index (χ0) is 18.8. The topological polar surface area (TPSA) is 90.8 Å². The Bertz CT molecular complexity index is 962. The fourth-order valence-corrected chi connectivity index (χ4v) is 2.87. The molecule has 0 spiro atoms. The van der Waals surface area contributed by atoms with E-state index in [1.807, 2.05) is 6.92 Å². The first kappa shape index (κ1) is 17.6. The zero-order valence-corrected chi connectivity index (χ0v) is 14.7. The van der Waals surface area contributed by atoms with Crippen molar-refractivity contribution in [2.24, 2.45) is 7.05 Å². The van der Waals surface area contributed by atoms with Gasteiger partial charge >= 0.3 is 5.69 Å². The van der Waals surface area contributed by atoms with Crippen molar-refractivity contribution in [3.8, 4) is 5.69 Å². The van der Waals surface area contributed by atoms with Gasteiger partial charge in [0.25, 0.3) is 0 Å². The number of aromatic nitrogens is 4. The fraction of sp³-hybridized carbons (Fsp3) is 0.294. The summed E-state index contributed by atoms with van der Waals surface area (Å²) in [5.41, 5.74) is 1.44. The molecule has 1 aromatic carbocycles. The summed E-state index contributed by atoms with van der Waals surface area (Å²) in [5.74, 6) is 0.605. The number of hydrogen-bond donors (Lipinski definition) is 1. The third-order valence-corrected chi connectivity index (χ3v) is 4.17. The van der Waals surface area contributed by atoms with Crippen LogP contribution in [0.4, 0.5) is 15.9 Å². The highest BCUT2D eigenvalue weighted by molar-refractivity contribution is 5.60. The van der Waals surface area contributed by atoms with Gasteiger partial charge in [-0.05, 0) is 31.0 Å². The Balaban J connectivity index is 1.83. The molecule has 0 aliphatic heterocycles. The van der Waals surface area contributed by atoms with Gasteiger partial charge in [0.2, 0.25) is 5.82 Å². The number of hydrogen-bond acceptors (Lipinski definition) is 5. The standard InChI is InChI=1S/C17H19FN6O2/c1-4-14-16(24(25)26)17(22(3)21-14)20-10-12-5-6-15(13(18)9-12)23-8-7-19-11(23)2/h5-9,20H,4,10H2,1-3H3. The Morgan fingerprint density at radius 1 is 1.38 bits per heavy atom. The summed E-state index contributed by atoms with van der Waals surface area (Å²) in [4.78, 5) is 15.0. The van der Waals surface area contributed by atoms with Crippen molar-refractivity contribution >= 4 is 11.5 Å². The van der Waals surface area contributed by atoms with Crippen LogP contribution in [-0.4, -0.2) is 24.3 Å². The van der Waals surface area contributed by atoms with Crippen molar-refractivity contribution in [1.29, 1.82) is 0 Å². The van der Waals surface area contributed by atoms with Crippen LogP contribution in [0.1, 0.15) is 24.0 Å². The van der Waals surface area contributed by atoms with Crippen LogP contribution in [0.15, 0.2) is 30.6 Å². The Morgan fingerprint density at radius 3 is 2.73 bits per heavy atom. The predicted molar refractivity (Wildman–Crippen MR) is 94.8 cm³/mol. The Kier molecular flexibility index (Phi) is 4.70. The Hall–Kier alpha value is -3.23. The molecule has 2 heterocycles. The first-order valence-corrected chi connectivity index (χ1v) is 8.15. The lowest BCUT2D eigenvalue weighted by Crippen LogP contribution is -2.07. The Labute approximate surface area is 149 Å².